The van der Waals surface area contributed by atoms with Gasteiger partial charge in [0.05, 0.1) is 0 Å². The van der Waals surface area contributed by atoms with E-state index in [1.807, 2.05) is 11.8 Å². The van der Waals surface area contributed by atoms with Gasteiger partial charge in [-0.2, -0.15) is 0 Å². The third-order valence-corrected chi connectivity index (χ3v) is 4.88. The standard InChI is InChI=1S/C16H24S/c1-13-3-5-14(6-4-13)7-8-15-9-11-16(17-2)12-10-15/h9-14H,3-8H2,1-2H3. The van der Waals surface area contributed by atoms with E-state index in [1.165, 1.54) is 49.0 Å². The van der Waals surface area contributed by atoms with Crippen molar-refractivity contribution < 1.29 is 0 Å². The maximum Gasteiger partial charge on any atom is 0.00693 e. The summed E-state index contributed by atoms with van der Waals surface area (Å²) in [6.45, 7) is 2.40. The van der Waals surface area contributed by atoms with Gasteiger partial charge in [0.25, 0.3) is 0 Å². The first-order valence-corrected chi connectivity index (χ1v) is 8.13. The Hall–Kier alpha value is -0.430. The zero-order valence-electron chi connectivity index (χ0n) is 11.1. The number of thioether (sulfide) groups is 1. The topological polar surface area (TPSA) is 0 Å². The molecule has 0 atom stereocenters. The molecule has 1 aromatic carbocycles. The molecule has 0 N–H and O–H groups in total. The van der Waals surface area contributed by atoms with Crippen molar-refractivity contribution in [3.05, 3.63) is 29.8 Å². The van der Waals surface area contributed by atoms with Gasteiger partial charge >= 0.3 is 0 Å². The maximum atomic E-state index is 2.40. The van der Waals surface area contributed by atoms with E-state index in [0.717, 1.165) is 11.8 Å². The maximum absolute atomic E-state index is 2.40. The molecule has 0 radical (unpaired) electrons. The highest BCUT2D eigenvalue weighted by atomic mass is 32.2. The average molecular weight is 248 g/mol. The summed E-state index contributed by atoms with van der Waals surface area (Å²) >= 11 is 1.82. The molecule has 1 aliphatic rings. The first-order chi connectivity index (χ1) is 8.28. The largest absolute Gasteiger partial charge is 0.130 e. The number of aryl methyl sites for hydroxylation is 1. The summed E-state index contributed by atoms with van der Waals surface area (Å²) in [5.41, 5.74) is 1.52. The van der Waals surface area contributed by atoms with Crippen LogP contribution in [0.2, 0.25) is 0 Å². The molecular formula is C16H24S. The third kappa shape index (κ3) is 4.06. The molecule has 1 heteroatoms. The number of hydrogen-bond acceptors (Lipinski definition) is 1. The molecule has 0 heterocycles. The van der Waals surface area contributed by atoms with Crippen LogP contribution >= 0.6 is 11.8 Å². The van der Waals surface area contributed by atoms with Crippen molar-refractivity contribution in [1.29, 1.82) is 0 Å². The van der Waals surface area contributed by atoms with Crippen molar-refractivity contribution in [3.63, 3.8) is 0 Å². The summed E-state index contributed by atoms with van der Waals surface area (Å²) in [6.07, 6.45) is 10.6. The van der Waals surface area contributed by atoms with Gasteiger partial charge in [0.2, 0.25) is 0 Å². The summed E-state index contributed by atoms with van der Waals surface area (Å²) < 4.78 is 0. The van der Waals surface area contributed by atoms with E-state index in [4.69, 9.17) is 0 Å². The second-order valence-electron chi connectivity index (χ2n) is 5.51. The average Bonchev–Trinajstić information content (AvgIpc) is 2.39. The van der Waals surface area contributed by atoms with Crippen molar-refractivity contribution in [2.45, 2.75) is 50.3 Å². The smallest absolute Gasteiger partial charge is 0.00693 e. The Balaban J connectivity index is 1.77. The molecule has 0 amide bonds. The van der Waals surface area contributed by atoms with E-state index >= 15 is 0 Å². The van der Waals surface area contributed by atoms with Crippen LogP contribution in [0.25, 0.3) is 0 Å². The van der Waals surface area contributed by atoms with E-state index < -0.39 is 0 Å². The third-order valence-electron chi connectivity index (χ3n) is 4.14. The number of hydrogen-bond donors (Lipinski definition) is 0. The lowest BCUT2D eigenvalue weighted by Crippen LogP contribution is -2.12. The number of benzene rings is 1. The van der Waals surface area contributed by atoms with Gasteiger partial charge in [-0.05, 0) is 48.6 Å². The molecule has 0 aromatic heterocycles. The lowest BCUT2D eigenvalue weighted by molar-refractivity contribution is 0.278. The van der Waals surface area contributed by atoms with Crippen LogP contribution in [0.3, 0.4) is 0 Å². The van der Waals surface area contributed by atoms with E-state index in [-0.39, 0.29) is 0 Å². The minimum Gasteiger partial charge on any atom is -0.130 e. The molecule has 0 nitrogen and oxygen atoms in total. The molecule has 1 aliphatic carbocycles. The van der Waals surface area contributed by atoms with Gasteiger partial charge in [0, 0.05) is 4.90 Å². The summed E-state index contributed by atoms with van der Waals surface area (Å²) in [7, 11) is 0. The first-order valence-electron chi connectivity index (χ1n) is 6.91. The van der Waals surface area contributed by atoms with Crippen LogP contribution in [-0.2, 0) is 6.42 Å². The highest BCUT2D eigenvalue weighted by Crippen LogP contribution is 2.31. The molecule has 0 unspecified atom stereocenters. The van der Waals surface area contributed by atoms with Crippen molar-refractivity contribution >= 4 is 11.8 Å². The van der Waals surface area contributed by atoms with E-state index in [2.05, 4.69) is 37.4 Å². The predicted molar refractivity (Wildman–Crippen MR) is 77.7 cm³/mol. The molecule has 0 spiro atoms. The molecule has 0 bridgehead atoms. The minimum atomic E-state index is 0.979. The van der Waals surface area contributed by atoms with Crippen LogP contribution in [0, 0.1) is 11.8 Å². The Morgan fingerprint density at radius 3 is 2.29 bits per heavy atom. The zero-order valence-corrected chi connectivity index (χ0v) is 11.9. The molecule has 17 heavy (non-hydrogen) atoms. The summed E-state index contributed by atoms with van der Waals surface area (Å²) in [5.74, 6) is 1.97. The van der Waals surface area contributed by atoms with Gasteiger partial charge in [-0.15, -0.1) is 11.8 Å². The monoisotopic (exact) mass is 248 g/mol. The normalized spacial score (nSPS) is 24.8. The molecular weight excluding hydrogens is 224 g/mol. The zero-order chi connectivity index (χ0) is 12.1. The predicted octanol–water partition coefficient (Wildman–Crippen LogP) is 5.17. The van der Waals surface area contributed by atoms with Gasteiger partial charge in [0.15, 0.2) is 0 Å². The minimum absolute atomic E-state index is 0.979. The number of rotatable bonds is 4. The van der Waals surface area contributed by atoms with Crippen LogP contribution in [0.1, 0.15) is 44.6 Å². The Kier molecular flexibility index (Phi) is 4.97. The van der Waals surface area contributed by atoms with E-state index in [1.54, 1.807) is 0 Å². The molecule has 0 aliphatic heterocycles. The quantitative estimate of drug-likeness (QED) is 0.663. The highest BCUT2D eigenvalue weighted by Gasteiger charge is 2.17. The van der Waals surface area contributed by atoms with E-state index in [0.29, 0.717) is 0 Å². The summed E-state index contributed by atoms with van der Waals surface area (Å²) in [5, 5.41) is 0. The van der Waals surface area contributed by atoms with Crippen molar-refractivity contribution in [2.75, 3.05) is 6.26 Å². The first kappa shape index (κ1) is 13.0. The lowest BCUT2D eigenvalue weighted by Gasteiger charge is -2.26. The van der Waals surface area contributed by atoms with Crippen molar-refractivity contribution in [3.8, 4) is 0 Å². The van der Waals surface area contributed by atoms with Crippen molar-refractivity contribution in [1.82, 2.24) is 0 Å². The van der Waals surface area contributed by atoms with Gasteiger partial charge in [0.1, 0.15) is 0 Å². The summed E-state index contributed by atoms with van der Waals surface area (Å²) in [6, 6.07) is 9.11. The Morgan fingerprint density at radius 2 is 1.71 bits per heavy atom. The van der Waals surface area contributed by atoms with Crippen LogP contribution in [0.15, 0.2) is 29.2 Å². The molecule has 2 rings (SSSR count). The molecule has 1 aromatic rings. The van der Waals surface area contributed by atoms with Gasteiger partial charge < -0.3 is 0 Å². The fourth-order valence-electron chi connectivity index (χ4n) is 2.78. The lowest BCUT2D eigenvalue weighted by atomic mass is 9.80. The molecule has 94 valence electrons. The van der Waals surface area contributed by atoms with Crippen LogP contribution in [-0.4, -0.2) is 6.26 Å². The second kappa shape index (κ2) is 6.49. The van der Waals surface area contributed by atoms with Crippen LogP contribution in [0.4, 0.5) is 0 Å². The van der Waals surface area contributed by atoms with Crippen molar-refractivity contribution in [2.24, 2.45) is 11.8 Å². The Bertz CT molecular complexity index is 320. The van der Waals surface area contributed by atoms with Crippen LogP contribution < -0.4 is 0 Å². The molecule has 1 fully saturated rings. The molecule has 0 saturated heterocycles. The SMILES string of the molecule is CSc1ccc(CCC2CCC(C)CC2)cc1. The van der Waals surface area contributed by atoms with E-state index in [9.17, 15) is 0 Å². The Labute approximate surface area is 110 Å². The van der Waals surface area contributed by atoms with Gasteiger partial charge in [-0.25, -0.2) is 0 Å². The van der Waals surface area contributed by atoms with Gasteiger partial charge in [-0.1, -0.05) is 44.7 Å². The van der Waals surface area contributed by atoms with Gasteiger partial charge in [-0.3, -0.25) is 0 Å². The second-order valence-corrected chi connectivity index (χ2v) is 6.39. The fraction of sp³-hybridized carbons (Fsp3) is 0.625. The highest BCUT2D eigenvalue weighted by molar-refractivity contribution is 7.98. The molecule has 1 saturated carbocycles. The van der Waals surface area contributed by atoms with Crippen LogP contribution in [0.5, 0.6) is 0 Å². The Morgan fingerprint density at radius 1 is 1.06 bits per heavy atom. The fourth-order valence-corrected chi connectivity index (χ4v) is 3.19. The summed E-state index contributed by atoms with van der Waals surface area (Å²) in [4.78, 5) is 1.38.